The molecule has 0 aliphatic heterocycles. The molecule has 0 saturated heterocycles. The minimum absolute atomic E-state index is 0.0386. The van der Waals surface area contributed by atoms with Crippen LogP contribution >= 0.6 is 0 Å². The van der Waals surface area contributed by atoms with E-state index in [1.54, 1.807) is 12.4 Å². The van der Waals surface area contributed by atoms with Gasteiger partial charge in [-0.1, -0.05) is 13.8 Å². The molecule has 0 fully saturated rings. The Bertz CT molecular complexity index is 365. The summed E-state index contributed by atoms with van der Waals surface area (Å²) in [5, 5.41) is 3.22. The van der Waals surface area contributed by atoms with E-state index in [9.17, 15) is 13.2 Å². The Morgan fingerprint density at radius 1 is 1.26 bits per heavy atom. The lowest BCUT2D eigenvalue weighted by atomic mass is 10.3. The average Bonchev–Trinajstić information content (AvgIpc) is 2.32. The topological polar surface area (TPSA) is 47.0 Å². The molecule has 1 aromatic heterocycles. The zero-order valence-corrected chi connectivity index (χ0v) is 11.0. The molecular weight excluding hydrogens is 259 g/mol. The molecular formula is C12H18F3N3O. The third-order valence-electron chi connectivity index (χ3n) is 2.21. The van der Waals surface area contributed by atoms with Crippen molar-refractivity contribution in [1.29, 1.82) is 0 Å². The number of ether oxygens (including phenoxy) is 1. The van der Waals surface area contributed by atoms with Crippen molar-refractivity contribution < 1.29 is 17.9 Å². The summed E-state index contributed by atoms with van der Waals surface area (Å²) in [6.45, 7) is 3.47. The fourth-order valence-electron chi connectivity index (χ4n) is 1.28. The molecule has 0 aromatic carbocycles. The number of rotatable bonds is 7. The molecule has 108 valence electrons. The molecule has 1 heterocycles. The van der Waals surface area contributed by atoms with Gasteiger partial charge in [-0.25, -0.2) is 9.97 Å². The highest BCUT2D eigenvalue weighted by Crippen LogP contribution is 2.14. The summed E-state index contributed by atoms with van der Waals surface area (Å²) in [7, 11) is 0. The van der Waals surface area contributed by atoms with Crippen molar-refractivity contribution in [3.8, 4) is 0 Å². The molecule has 7 heteroatoms. The third kappa shape index (κ3) is 7.74. The number of hydrogen-bond donors (Lipinski definition) is 1. The Hall–Kier alpha value is -1.21. The second-order valence-corrected chi connectivity index (χ2v) is 4.46. The highest BCUT2D eigenvalue weighted by atomic mass is 19.4. The number of hydrogen-bond acceptors (Lipinski definition) is 4. The lowest BCUT2D eigenvalue weighted by molar-refractivity contribution is -0.173. The van der Waals surface area contributed by atoms with Gasteiger partial charge < -0.3 is 10.1 Å². The summed E-state index contributed by atoms with van der Waals surface area (Å²) in [4.78, 5) is 8.16. The van der Waals surface area contributed by atoms with Crippen molar-refractivity contribution in [1.82, 2.24) is 15.3 Å². The first kappa shape index (κ1) is 15.8. The second kappa shape index (κ2) is 7.40. The first-order valence-corrected chi connectivity index (χ1v) is 6.04. The van der Waals surface area contributed by atoms with Crippen LogP contribution in [0.5, 0.6) is 0 Å². The van der Waals surface area contributed by atoms with Crippen LogP contribution in [0.4, 0.5) is 13.2 Å². The van der Waals surface area contributed by atoms with Crippen molar-refractivity contribution in [2.45, 2.75) is 39.0 Å². The number of aromatic nitrogens is 2. The van der Waals surface area contributed by atoms with Crippen LogP contribution in [-0.4, -0.2) is 35.4 Å². The predicted octanol–water partition coefficient (Wildman–Crippen LogP) is 2.10. The zero-order chi connectivity index (χ0) is 14.3. The van der Waals surface area contributed by atoms with Crippen LogP contribution in [0.25, 0.3) is 0 Å². The van der Waals surface area contributed by atoms with Gasteiger partial charge in [0.05, 0.1) is 6.61 Å². The minimum Gasteiger partial charge on any atom is -0.372 e. The maximum atomic E-state index is 11.8. The first-order valence-electron chi connectivity index (χ1n) is 6.04. The molecule has 0 bridgehead atoms. The maximum Gasteiger partial charge on any atom is 0.411 e. The molecule has 0 unspecified atom stereocenters. The van der Waals surface area contributed by atoms with E-state index in [1.165, 1.54) is 0 Å². The van der Waals surface area contributed by atoms with Crippen LogP contribution < -0.4 is 5.32 Å². The Balaban J connectivity index is 2.28. The number of halogens is 3. The van der Waals surface area contributed by atoms with Crippen LogP contribution in [0.2, 0.25) is 0 Å². The maximum absolute atomic E-state index is 11.8. The zero-order valence-electron chi connectivity index (χ0n) is 11.0. The van der Waals surface area contributed by atoms with E-state index in [2.05, 4.69) is 20.0 Å². The van der Waals surface area contributed by atoms with E-state index in [0.717, 1.165) is 5.56 Å². The molecule has 4 nitrogen and oxygen atoms in total. The Morgan fingerprint density at radius 3 is 2.42 bits per heavy atom. The number of nitrogens with one attached hydrogen (secondary N) is 1. The van der Waals surface area contributed by atoms with Gasteiger partial charge in [-0.15, -0.1) is 0 Å². The van der Waals surface area contributed by atoms with Crippen molar-refractivity contribution in [3.63, 3.8) is 0 Å². The van der Waals surface area contributed by atoms with Gasteiger partial charge in [0.1, 0.15) is 12.4 Å². The average molecular weight is 277 g/mol. The van der Waals surface area contributed by atoms with E-state index >= 15 is 0 Å². The van der Waals surface area contributed by atoms with E-state index in [-0.39, 0.29) is 13.0 Å². The van der Waals surface area contributed by atoms with Gasteiger partial charge >= 0.3 is 6.18 Å². The van der Waals surface area contributed by atoms with E-state index < -0.39 is 12.8 Å². The molecule has 19 heavy (non-hydrogen) atoms. The van der Waals surface area contributed by atoms with Gasteiger partial charge in [0.15, 0.2) is 0 Å². The van der Waals surface area contributed by atoms with Crippen LogP contribution in [0, 0.1) is 0 Å². The summed E-state index contributed by atoms with van der Waals surface area (Å²) >= 11 is 0. The predicted molar refractivity (Wildman–Crippen MR) is 64.6 cm³/mol. The molecule has 0 spiro atoms. The molecule has 1 aromatic rings. The molecule has 0 saturated carbocycles. The van der Waals surface area contributed by atoms with Crippen LogP contribution in [-0.2, 0) is 17.7 Å². The number of nitrogens with zero attached hydrogens (tertiary/aromatic N) is 2. The molecule has 0 amide bonds. The lowest BCUT2D eigenvalue weighted by Gasteiger charge is -2.08. The van der Waals surface area contributed by atoms with Gasteiger partial charge in [0, 0.05) is 37.0 Å². The summed E-state index contributed by atoms with van der Waals surface area (Å²) in [5.41, 5.74) is 0.939. The largest absolute Gasteiger partial charge is 0.411 e. The molecule has 0 atom stereocenters. The summed E-state index contributed by atoms with van der Waals surface area (Å²) < 4.78 is 40.0. The van der Waals surface area contributed by atoms with Gasteiger partial charge in [-0.2, -0.15) is 13.2 Å². The van der Waals surface area contributed by atoms with Gasteiger partial charge in [0.2, 0.25) is 0 Å². The van der Waals surface area contributed by atoms with E-state index in [1.807, 2.05) is 13.8 Å². The SMILES string of the molecule is CC(C)NCc1cnc(CCOCC(F)(F)F)nc1. The molecule has 0 aliphatic rings. The summed E-state index contributed by atoms with van der Waals surface area (Å²) in [5.74, 6) is 0.482. The Labute approximate surface area is 110 Å². The second-order valence-electron chi connectivity index (χ2n) is 4.46. The summed E-state index contributed by atoms with van der Waals surface area (Å²) in [6.07, 6.45) is -0.676. The van der Waals surface area contributed by atoms with Crippen LogP contribution in [0.1, 0.15) is 25.2 Å². The quantitative estimate of drug-likeness (QED) is 0.775. The van der Waals surface area contributed by atoms with Gasteiger partial charge in [0.25, 0.3) is 0 Å². The van der Waals surface area contributed by atoms with Crippen LogP contribution in [0.3, 0.4) is 0 Å². The number of alkyl halides is 3. The van der Waals surface area contributed by atoms with Crippen molar-refractivity contribution in [3.05, 3.63) is 23.8 Å². The highest BCUT2D eigenvalue weighted by Gasteiger charge is 2.27. The molecule has 0 aliphatic carbocycles. The van der Waals surface area contributed by atoms with Gasteiger partial charge in [-0.05, 0) is 0 Å². The normalized spacial score (nSPS) is 12.1. The molecule has 1 rings (SSSR count). The Kier molecular flexibility index (Phi) is 6.17. The fourth-order valence-corrected chi connectivity index (χ4v) is 1.28. The minimum atomic E-state index is -4.28. The van der Waals surface area contributed by atoms with Crippen LogP contribution in [0.15, 0.2) is 12.4 Å². The fraction of sp³-hybridized carbons (Fsp3) is 0.667. The monoisotopic (exact) mass is 277 g/mol. The van der Waals surface area contributed by atoms with E-state index in [0.29, 0.717) is 18.4 Å². The van der Waals surface area contributed by atoms with E-state index in [4.69, 9.17) is 0 Å². The standard InChI is InChI=1S/C12H18F3N3O/c1-9(2)16-5-10-6-17-11(18-7-10)3-4-19-8-12(13,14)15/h6-7,9,16H,3-5,8H2,1-2H3. The van der Waals surface area contributed by atoms with Crippen molar-refractivity contribution in [2.75, 3.05) is 13.2 Å². The molecule has 0 radical (unpaired) electrons. The molecule has 1 N–H and O–H groups in total. The smallest absolute Gasteiger partial charge is 0.372 e. The Morgan fingerprint density at radius 2 is 1.89 bits per heavy atom. The highest BCUT2D eigenvalue weighted by molar-refractivity contribution is 5.05. The first-order chi connectivity index (χ1) is 8.87. The van der Waals surface area contributed by atoms with Gasteiger partial charge in [-0.3, -0.25) is 0 Å². The van der Waals surface area contributed by atoms with Crippen molar-refractivity contribution >= 4 is 0 Å². The summed E-state index contributed by atoms with van der Waals surface area (Å²) in [6, 6.07) is 0.371. The lowest BCUT2D eigenvalue weighted by Crippen LogP contribution is -2.22. The van der Waals surface area contributed by atoms with Crippen molar-refractivity contribution in [2.24, 2.45) is 0 Å². The third-order valence-corrected chi connectivity index (χ3v) is 2.21.